The topological polar surface area (TPSA) is 49.4 Å². The maximum absolute atomic E-state index is 12.3. The first kappa shape index (κ1) is 13.1. The Bertz CT molecular complexity index is 454. The molecule has 2 amide bonds. The summed E-state index contributed by atoms with van der Waals surface area (Å²) in [6.07, 6.45) is 0.795. The van der Waals surface area contributed by atoms with Gasteiger partial charge >= 0.3 is 0 Å². The maximum Gasteiger partial charge on any atom is 0.248 e. The van der Waals surface area contributed by atoms with Gasteiger partial charge < -0.3 is 10.2 Å². The van der Waals surface area contributed by atoms with Crippen LogP contribution < -0.4 is 5.32 Å². The molecule has 4 nitrogen and oxygen atoms in total. The summed E-state index contributed by atoms with van der Waals surface area (Å²) in [5.41, 5.74) is 0.418. The molecule has 98 valence electrons. The summed E-state index contributed by atoms with van der Waals surface area (Å²) >= 11 is 1.65. The summed E-state index contributed by atoms with van der Waals surface area (Å²) < 4.78 is 0. The second-order valence-electron chi connectivity index (χ2n) is 5.17. The second-order valence-corrected chi connectivity index (χ2v) is 5.95. The van der Waals surface area contributed by atoms with Gasteiger partial charge in [-0.2, -0.15) is 11.3 Å². The molecule has 18 heavy (non-hydrogen) atoms. The molecule has 1 aromatic rings. The van der Waals surface area contributed by atoms with Gasteiger partial charge in [-0.3, -0.25) is 9.59 Å². The lowest BCUT2D eigenvalue weighted by atomic mass is 9.97. The van der Waals surface area contributed by atoms with E-state index < -0.39 is 5.54 Å². The van der Waals surface area contributed by atoms with Gasteiger partial charge in [-0.1, -0.05) is 0 Å². The minimum absolute atomic E-state index is 0.00942. The minimum Gasteiger partial charge on any atom is -0.340 e. The number of amides is 2. The van der Waals surface area contributed by atoms with Crippen LogP contribution in [0.15, 0.2) is 16.8 Å². The molecule has 2 rings (SSSR count). The van der Waals surface area contributed by atoms with Gasteiger partial charge in [0.1, 0.15) is 11.6 Å². The van der Waals surface area contributed by atoms with E-state index in [1.54, 1.807) is 37.0 Å². The average molecular weight is 266 g/mol. The van der Waals surface area contributed by atoms with Gasteiger partial charge in [0, 0.05) is 6.54 Å². The van der Waals surface area contributed by atoms with Crippen LogP contribution in [0.1, 0.15) is 26.3 Å². The van der Waals surface area contributed by atoms with Crippen molar-refractivity contribution in [2.75, 3.05) is 6.54 Å². The number of hydrogen-bond donors (Lipinski definition) is 1. The summed E-state index contributed by atoms with van der Waals surface area (Å²) in [7, 11) is 0. The Hall–Kier alpha value is -1.36. The van der Waals surface area contributed by atoms with Crippen molar-refractivity contribution < 1.29 is 9.59 Å². The van der Waals surface area contributed by atoms with Gasteiger partial charge in [-0.25, -0.2) is 0 Å². The van der Waals surface area contributed by atoms with Crippen molar-refractivity contribution in [3.63, 3.8) is 0 Å². The van der Waals surface area contributed by atoms with E-state index in [1.165, 1.54) is 5.56 Å². The third-order valence-electron chi connectivity index (χ3n) is 3.30. The standard InChI is InChI=1S/C13H18N2O2S/c1-9-11(16)14-13(2,3)12(17)15(9)6-4-10-5-7-18-8-10/h5,7-9H,4,6H2,1-3H3,(H,14,16). The molecular formula is C13H18N2O2S. The quantitative estimate of drug-likeness (QED) is 0.899. The van der Waals surface area contributed by atoms with Gasteiger partial charge in [0.2, 0.25) is 11.8 Å². The van der Waals surface area contributed by atoms with E-state index in [1.807, 2.05) is 5.38 Å². The van der Waals surface area contributed by atoms with Crippen molar-refractivity contribution in [3.8, 4) is 0 Å². The summed E-state index contributed by atoms with van der Waals surface area (Å²) in [4.78, 5) is 25.8. The van der Waals surface area contributed by atoms with Crippen LogP contribution >= 0.6 is 11.3 Å². The zero-order chi connectivity index (χ0) is 13.3. The maximum atomic E-state index is 12.3. The van der Waals surface area contributed by atoms with E-state index in [-0.39, 0.29) is 17.9 Å². The van der Waals surface area contributed by atoms with Gasteiger partial charge in [0.15, 0.2) is 0 Å². The molecule has 0 bridgehead atoms. The largest absolute Gasteiger partial charge is 0.340 e. The Labute approximate surface area is 111 Å². The van der Waals surface area contributed by atoms with Crippen molar-refractivity contribution in [1.29, 1.82) is 0 Å². The second kappa shape index (κ2) is 4.72. The Morgan fingerprint density at radius 1 is 1.44 bits per heavy atom. The molecule has 0 spiro atoms. The van der Waals surface area contributed by atoms with E-state index in [0.29, 0.717) is 6.54 Å². The van der Waals surface area contributed by atoms with E-state index in [2.05, 4.69) is 16.8 Å². The Morgan fingerprint density at radius 2 is 2.17 bits per heavy atom. The lowest BCUT2D eigenvalue weighted by Gasteiger charge is -2.41. The van der Waals surface area contributed by atoms with Crippen LogP contribution in [0.5, 0.6) is 0 Å². The van der Waals surface area contributed by atoms with Crippen LogP contribution in [0.2, 0.25) is 0 Å². The molecule has 1 aliphatic rings. The van der Waals surface area contributed by atoms with Crippen LogP contribution in [-0.2, 0) is 16.0 Å². The Balaban J connectivity index is 2.09. The molecule has 1 fully saturated rings. The Kier molecular flexibility index (Phi) is 3.43. The van der Waals surface area contributed by atoms with E-state index >= 15 is 0 Å². The first-order chi connectivity index (χ1) is 8.42. The van der Waals surface area contributed by atoms with Crippen molar-refractivity contribution in [3.05, 3.63) is 22.4 Å². The molecule has 5 heteroatoms. The van der Waals surface area contributed by atoms with Crippen molar-refractivity contribution >= 4 is 23.2 Å². The number of carbonyl (C=O) groups is 2. The van der Waals surface area contributed by atoms with Gasteiger partial charge in [0.05, 0.1) is 0 Å². The number of nitrogens with zero attached hydrogens (tertiary/aromatic N) is 1. The van der Waals surface area contributed by atoms with Crippen LogP contribution in [0.3, 0.4) is 0 Å². The van der Waals surface area contributed by atoms with E-state index in [4.69, 9.17) is 0 Å². The smallest absolute Gasteiger partial charge is 0.248 e. The monoisotopic (exact) mass is 266 g/mol. The highest BCUT2D eigenvalue weighted by Gasteiger charge is 2.42. The molecule has 0 saturated carbocycles. The highest BCUT2D eigenvalue weighted by Crippen LogP contribution is 2.18. The highest BCUT2D eigenvalue weighted by atomic mass is 32.1. The molecule has 0 aromatic carbocycles. The molecule has 1 N–H and O–H groups in total. The number of thiophene rings is 1. The predicted molar refractivity (Wildman–Crippen MR) is 71.4 cm³/mol. The van der Waals surface area contributed by atoms with Crippen molar-refractivity contribution in [1.82, 2.24) is 10.2 Å². The summed E-state index contributed by atoms with van der Waals surface area (Å²) in [6.45, 7) is 5.86. The third-order valence-corrected chi connectivity index (χ3v) is 4.03. The van der Waals surface area contributed by atoms with Crippen LogP contribution in [0.4, 0.5) is 0 Å². The normalized spacial score (nSPS) is 23.1. The van der Waals surface area contributed by atoms with Crippen molar-refractivity contribution in [2.24, 2.45) is 0 Å². The van der Waals surface area contributed by atoms with Gasteiger partial charge in [-0.15, -0.1) is 0 Å². The van der Waals surface area contributed by atoms with Crippen molar-refractivity contribution in [2.45, 2.75) is 38.8 Å². The number of carbonyl (C=O) groups excluding carboxylic acids is 2. The minimum atomic E-state index is -0.793. The zero-order valence-electron chi connectivity index (χ0n) is 10.9. The van der Waals surface area contributed by atoms with Crippen LogP contribution in [0.25, 0.3) is 0 Å². The first-order valence-corrected chi connectivity index (χ1v) is 7.00. The average Bonchev–Trinajstić information content (AvgIpc) is 2.79. The highest BCUT2D eigenvalue weighted by molar-refractivity contribution is 7.07. The molecule has 1 unspecified atom stereocenters. The molecule has 1 aliphatic heterocycles. The summed E-state index contributed by atoms with van der Waals surface area (Å²) in [5, 5.41) is 6.85. The van der Waals surface area contributed by atoms with Gasteiger partial charge in [0.25, 0.3) is 0 Å². The van der Waals surface area contributed by atoms with Crippen LogP contribution in [0, 0.1) is 0 Å². The number of hydrogen-bond acceptors (Lipinski definition) is 3. The molecule has 0 radical (unpaired) electrons. The lowest BCUT2D eigenvalue weighted by molar-refractivity contribution is -0.152. The molecule has 1 saturated heterocycles. The molecule has 0 aliphatic carbocycles. The summed E-state index contributed by atoms with van der Waals surface area (Å²) in [5.74, 6) is -0.0882. The first-order valence-electron chi connectivity index (χ1n) is 6.06. The van der Waals surface area contributed by atoms with Crippen LogP contribution in [-0.4, -0.2) is 34.8 Å². The molecular weight excluding hydrogens is 248 g/mol. The zero-order valence-corrected chi connectivity index (χ0v) is 11.7. The number of piperazine rings is 1. The number of rotatable bonds is 3. The molecule has 2 heterocycles. The fraction of sp³-hybridized carbons (Fsp3) is 0.538. The molecule has 1 aromatic heterocycles. The van der Waals surface area contributed by atoms with Gasteiger partial charge in [-0.05, 0) is 49.6 Å². The third kappa shape index (κ3) is 2.41. The summed E-state index contributed by atoms with van der Waals surface area (Å²) in [6, 6.07) is 1.67. The Morgan fingerprint density at radius 3 is 2.78 bits per heavy atom. The fourth-order valence-electron chi connectivity index (χ4n) is 2.12. The fourth-order valence-corrected chi connectivity index (χ4v) is 2.83. The predicted octanol–water partition coefficient (Wildman–Crippen LogP) is 1.42. The SMILES string of the molecule is CC1C(=O)NC(C)(C)C(=O)N1CCc1ccsc1. The van der Waals surface area contributed by atoms with E-state index in [9.17, 15) is 9.59 Å². The number of nitrogens with one attached hydrogen (secondary N) is 1. The van der Waals surface area contributed by atoms with E-state index in [0.717, 1.165) is 6.42 Å². The molecule has 1 atom stereocenters. The lowest BCUT2D eigenvalue weighted by Crippen LogP contribution is -2.67.